The zero-order chi connectivity index (χ0) is 23.6. The Kier molecular flexibility index (Phi) is 11.6. The Balaban J connectivity index is 5.43. The van der Waals surface area contributed by atoms with Crippen LogP contribution in [0.15, 0.2) is 0 Å². The highest BCUT2D eigenvalue weighted by Crippen LogP contribution is 2.09. The number of primary amides is 1. The number of aliphatic hydroxyl groups excluding tert-OH is 1. The van der Waals surface area contributed by atoms with E-state index in [1.54, 1.807) is 27.7 Å². The SMILES string of the molecule is CC(C)CC(NC(=O)C(NC(=O)C(N)CO)C(C)C)C(=O)NC(CC(N)=O)C(=O)O. The van der Waals surface area contributed by atoms with E-state index in [4.69, 9.17) is 21.7 Å². The Hall–Kier alpha value is -2.73. The molecule has 0 bridgehead atoms. The summed E-state index contributed by atoms with van der Waals surface area (Å²) in [6.07, 6.45) is -0.428. The summed E-state index contributed by atoms with van der Waals surface area (Å²) in [6, 6.07) is -4.90. The largest absolute Gasteiger partial charge is 0.480 e. The van der Waals surface area contributed by atoms with Gasteiger partial charge in [-0.2, -0.15) is 0 Å². The molecule has 0 aromatic rings. The van der Waals surface area contributed by atoms with Gasteiger partial charge in [0.05, 0.1) is 13.0 Å². The number of carbonyl (C=O) groups is 5. The normalized spacial score (nSPS) is 15.1. The van der Waals surface area contributed by atoms with Crippen LogP contribution in [0.5, 0.6) is 0 Å². The van der Waals surface area contributed by atoms with Crippen LogP contribution in [0.2, 0.25) is 0 Å². The quantitative estimate of drug-likeness (QED) is 0.164. The third-order valence-corrected chi connectivity index (χ3v) is 4.14. The lowest BCUT2D eigenvalue weighted by atomic mass is 9.99. The number of amides is 4. The van der Waals surface area contributed by atoms with Crippen molar-refractivity contribution in [3.05, 3.63) is 0 Å². The molecule has 12 nitrogen and oxygen atoms in total. The number of hydrogen-bond acceptors (Lipinski definition) is 7. The minimum atomic E-state index is -1.54. The van der Waals surface area contributed by atoms with E-state index in [1.807, 2.05) is 0 Å². The van der Waals surface area contributed by atoms with E-state index in [1.165, 1.54) is 0 Å². The third kappa shape index (κ3) is 9.65. The summed E-state index contributed by atoms with van der Waals surface area (Å²) in [5, 5.41) is 25.3. The number of nitrogens with one attached hydrogen (secondary N) is 3. The number of nitrogens with two attached hydrogens (primary N) is 2. The van der Waals surface area contributed by atoms with Crippen molar-refractivity contribution in [2.75, 3.05) is 6.61 Å². The van der Waals surface area contributed by atoms with E-state index < -0.39 is 66.8 Å². The van der Waals surface area contributed by atoms with Crippen molar-refractivity contribution >= 4 is 29.6 Å². The number of carbonyl (C=O) groups excluding carboxylic acids is 4. The first-order valence-corrected chi connectivity index (χ1v) is 9.58. The highest BCUT2D eigenvalue weighted by atomic mass is 16.4. The Bertz CT molecular complexity index is 638. The van der Waals surface area contributed by atoms with E-state index in [-0.39, 0.29) is 18.3 Å². The molecule has 9 N–H and O–H groups in total. The lowest BCUT2D eigenvalue weighted by Crippen LogP contribution is -2.59. The van der Waals surface area contributed by atoms with Gasteiger partial charge in [0.15, 0.2) is 0 Å². The van der Waals surface area contributed by atoms with Crippen LogP contribution in [0.4, 0.5) is 0 Å². The number of carboxylic acids is 1. The molecule has 0 heterocycles. The highest BCUT2D eigenvalue weighted by molar-refractivity contribution is 5.95. The predicted molar refractivity (Wildman–Crippen MR) is 107 cm³/mol. The molecule has 12 heteroatoms. The fourth-order valence-corrected chi connectivity index (χ4v) is 2.52. The molecule has 0 aliphatic rings. The molecule has 0 aromatic carbocycles. The van der Waals surface area contributed by atoms with Crippen molar-refractivity contribution in [1.82, 2.24) is 16.0 Å². The maximum atomic E-state index is 12.7. The van der Waals surface area contributed by atoms with E-state index in [0.29, 0.717) is 0 Å². The van der Waals surface area contributed by atoms with E-state index in [2.05, 4.69) is 16.0 Å². The first kappa shape index (κ1) is 27.3. The van der Waals surface area contributed by atoms with Gasteiger partial charge in [0.1, 0.15) is 24.2 Å². The van der Waals surface area contributed by atoms with Crippen LogP contribution >= 0.6 is 0 Å². The molecule has 4 atom stereocenters. The Labute approximate surface area is 175 Å². The first-order chi connectivity index (χ1) is 13.8. The summed E-state index contributed by atoms with van der Waals surface area (Å²) in [4.78, 5) is 59.6. The number of hydrogen-bond donors (Lipinski definition) is 7. The minimum Gasteiger partial charge on any atom is -0.480 e. The molecular weight excluding hydrogens is 398 g/mol. The van der Waals surface area contributed by atoms with Crippen LogP contribution in [0, 0.1) is 11.8 Å². The second kappa shape index (κ2) is 12.8. The van der Waals surface area contributed by atoms with Crippen molar-refractivity contribution in [1.29, 1.82) is 0 Å². The molecule has 0 aromatic heterocycles. The van der Waals surface area contributed by atoms with Crippen molar-refractivity contribution < 1.29 is 34.2 Å². The van der Waals surface area contributed by atoms with Crippen LogP contribution in [-0.2, 0) is 24.0 Å². The minimum absolute atomic E-state index is 0.0460. The van der Waals surface area contributed by atoms with Gasteiger partial charge in [0.2, 0.25) is 23.6 Å². The molecule has 0 spiro atoms. The Morgan fingerprint density at radius 3 is 1.80 bits per heavy atom. The topological polar surface area (TPSA) is 214 Å². The van der Waals surface area contributed by atoms with Gasteiger partial charge in [-0.3, -0.25) is 19.2 Å². The van der Waals surface area contributed by atoms with Gasteiger partial charge in [-0.15, -0.1) is 0 Å². The molecule has 0 aliphatic carbocycles. The van der Waals surface area contributed by atoms with Gasteiger partial charge in [-0.1, -0.05) is 27.7 Å². The van der Waals surface area contributed by atoms with Crippen molar-refractivity contribution in [3.63, 3.8) is 0 Å². The summed E-state index contributed by atoms with van der Waals surface area (Å²) < 4.78 is 0. The molecule has 30 heavy (non-hydrogen) atoms. The summed E-state index contributed by atoms with van der Waals surface area (Å²) >= 11 is 0. The van der Waals surface area contributed by atoms with Crippen LogP contribution in [0.3, 0.4) is 0 Å². The lowest BCUT2D eigenvalue weighted by molar-refractivity contribution is -0.144. The lowest BCUT2D eigenvalue weighted by Gasteiger charge is -2.27. The fourth-order valence-electron chi connectivity index (χ4n) is 2.52. The molecule has 4 unspecified atom stereocenters. The maximum Gasteiger partial charge on any atom is 0.326 e. The number of aliphatic carboxylic acids is 1. The molecule has 0 saturated heterocycles. The first-order valence-electron chi connectivity index (χ1n) is 9.58. The molecule has 0 radical (unpaired) electrons. The van der Waals surface area contributed by atoms with Gasteiger partial charge >= 0.3 is 5.97 Å². The Morgan fingerprint density at radius 2 is 1.40 bits per heavy atom. The number of aliphatic hydroxyl groups is 1. The van der Waals surface area contributed by atoms with Gasteiger partial charge < -0.3 is 37.6 Å². The molecule has 0 aliphatic heterocycles. The van der Waals surface area contributed by atoms with Crippen molar-refractivity contribution in [2.24, 2.45) is 23.3 Å². The second-order valence-corrected chi connectivity index (χ2v) is 7.78. The standard InChI is InChI=1S/C18H33N5O7/c1-8(2)5-11(16(27)22-12(18(29)30)6-13(20)25)21-17(28)14(9(3)4)23-15(26)10(19)7-24/h8-12,14,24H,5-7,19H2,1-4H3,(H2,20,25)(H,21,28)(H,22,27)(H,23,26)(H,29,30). The van der Waals surface area contributed by atoms with Crippen LogP contribution in [0.25, 0.3) is 0 Å². The van der Waals surface area contributed by atoms with E-state index in [9.17, 15) is 24.0 Å². The van der Waals surface area contributed by atoms with E-state index >= 15 is 0 Å². The summed E-state index contributed by atoms with van der Waals surface area (Å²) in [5.41, 5.74) is 10.5. The van der Waals surface area contributed by atoms with Gasteiger partial charge in [-0.25, -0.2) is 4.79 Å². The van der Waals surface area contributed by atoms with Crippen LogP contribution in [0.1, 0.15) is 40.5 Å². The smallest absolute Gasteiger partial charge is 0.326 e. The molecule has 0 saturated carbocycles. The van der Waals surface area contributed by atoms with Crippen LogP contribution in [-0.4, -0.2) is 70.6 Å². The maximum absolute atomic E-state index is 12.7. The zero-order valence-electron chi connectivity index (χ0n) is 17.7. The van der Waals surface area contributed by atoms with E-state index in [0.717, 1.165) is 0 Å². The monoisotopic (exact) mass is 431 g/mol. The second-order valence-electron chi connectivity index (χ2n) is 7.78. The average molecular weight is 431 g/mol. The highest BCUT2D eigenvalue weighted by Gasteiger charge is 2.32. The summed E-state index contributed by atoms with van der Waals surface area (Å²) in [5.74, 6) is -4.97. The summed E-state index contributed by atoms with van der Waals surface area (Å²) in [6.45, 7) is 6.33. The molecule has 172 valence electrons. The Morgan fingerprint density at radius 1 is 0.867 bits per heavy atom. The van der Waals surface area contributed by atoms with Crippen molar-refractivity contribution in [2.45, 2.75) is 64.7 Å². The van der Waals surface area contributed by atoms with Crippen molar-refractivity contribution in [3.8, 4) is 0 Å². The predicted octanol–water partition coefficient (Wildman–Crippen LogP) is -2.58. The number of carboxylic acid groups (broad SMARTS) is 1. The average Bonchev–Trinajstić information content (AvgIpc) is 2.62. The zero-order valence-corrected chi connectivity index (χ0v) is 17.7. The molecule has 0 rings (SSSR count). The molecule has 4 amide bonds. The fraction of sp³-hybridized carbons (Fsp3) is 0.722. The van der Waals surface area contributed by atoms with Gasteiger partial charge in [-0.05, 0) is 18.3 Å². The van der Waals surface area contributed by atoms with Gasteiger partial charge in [0.25, 0.3) is 0 Å². The molecular formula is C18H33N5O7. The molecule has 0 fully saturated rings. The van der Waals surface area contributed by atoms with Crippen LogP contribution < -0.4 is 27.4 Å². The number of rotatable bonds is 13. The van der Waals surface area contributed by atoms with Gasteiger partial charge in [0, 0.05) is 0 Å². The summed E-state index contributed by atoms with van der Waals surface area (Å²) in [7, 11) is 0. The third-order valence-electron chi connectivity index (χ3n) is 4.14.